The van der Waals surface area contributed by atoms with Crippen LogP contribution in [0.3, 0.4) is 0 Å². The molecule has 0 bridgehead atoms. The molecule has 0 atom stereocenters. The summed E-state index contributed by atoms with van der Waals surface area (Å²) in [6.45, 7) is 15.6. The molecule has 0 aromatic carbocycles. The molecule has 0 unspecified atom stereocenters. The van der Waals surface area contributed by atoms with Crippen LogP contribution < -0.4 is 21.3 Å². The zero-order chi connectivity index (χ0) is 50.6. The van der Waals surface area contributed by atoms with E-state index < -0.39 is 0 Å². The molecule has 0 aliphatic carbocycles. The highest BCUT2D eigenvalue weighted by Crippen LogP contribution is 2.14. The van der Waals surface area contributed by atoms with Gasteiger partial charge in [0.25, 0.3) is 0 Å². The van der Waals surface area contributed by atoms with Crippen LogP contribution in [0.1, 0.15) is 310 Å². The number of hydrogen-bond acceptors (Lipinski definition) is 6. The van der Waals surface area contributed by atoms with E-state index in [0.29, 0.717) is 32.4 Å². The van der Waals surface area contributed by atoms with Gasteiger partial charge in [0.15, 0.2) is 0 Å². The normalized spacial score (nSPS) is 11.2. The Bertz CT molecular complexity index is 970. The Hall–Kier alpha value is -1.71. The lowest BCUT2D eigenvalue weighted by atomic mass is 10.1. The second kappa shape index (κ2) is 62.4. The van der Waals surface area contributed by atoms with Gasteiger partial charge in [-0.25, -0.2) is 0 Å². The van der Waals surface area contributed by atoms with E-state index in [2.05, 4.69) is 53.9 Å². The standard InChI is InChI=1S/C38H77N3O3.C22H46N2O/c1-3-5-7-9-11-13-15-17-19-21-23-25-31-39-37(43)29-34-41(33-27-28-36-42)35-30-38(44)40-32-26-24-22-20-18-16-14-12-10-8-6-4-2;1-3-5-7-8-9-10-11-12-13-14-15-17-20-24-22(25)18-21-23-19-16-6-4-2/h42H,3-36H2,1-2H3,(H,39,43)(H,40,44);23H,3-21H2,1-2H3,(H,24,25). The van der Waals surface area contributed by atoms with E-state index in [4.69, 9.17) is 5.11 Å². The maximum atomic E-state index is 12.4. The van der Waals surface area contributed by atoms with Crippen LogP contribution in [0, 0.1) is 0 Å². The number of carbonyl (C=O) groups excluding carboxylic acids is 3. The molecular formula is C60H123N5O4. The third kappa shape index (κ3) is 62.4. The summed E-state index contributed by atoms with van der Waals surface area (Å²) in [5.74, 6) is 0.416. The summed E-state index contributed by atoms with van der Waals surface area (Å²) in [5, 5.41) is 21.7. The third-order valence-electron chi connectivity index (χ3n) is 13.7. The predicted molar refractivity (Wildman–Crippen MR) is 301 cm³/mol. The molecule has 9 nitrogen and oxygen atoms in total. The van der Waals surface area contributed by atoms with E-state index in [0.717, 1.165) is 71.4 Å². The minimum absolute atomic E-state index is 0.108. The highest BCUT2D eigenvalue weighted by atomic mass is 16.3. The Labute approximate surface area is 431 Å². The van der Waals surface area contributed by atoms with E-state index in [1.54, 1.807) is 0 Å². The zero-order valence-corrected chi connectivity index (χ0v) is 47.1. The topological polar surface area (TPSA) is 123 Å². The first kappa shape index (κ1) is 69.4. The van der Waals surface area contributed by atoms with Crippen molar-refractivity contribution in [1.29, 1.82) is 0 Å². The molecule has 0 radical (unpaired) electrons. The number of amides is 3. The van der Waals surface area contributed by atoms with Gasteiger partial charge in [-0.05, 0) is 51.6 Å². The molecule has 0 spiro atoms. The van der Waals surface area contributed by atoms with E-state index in [-0.39, 0.29) is 24.3 Å². The number of nitrogens with one attached hydrogen (secondary N) is 4. The highest BCUT2D eigenvalue weighted by molar-refractivity contribution is 5.77. The Morgan fingerprint density at radius 2 is 0.551 bits per heavy atom. The molecule has 5 N–H and O–H groups in total. The van der Waals surface area contributed by atoms with Crippen LogP contribution in [0.15, 0.2) is 0 Å². The van der Waals surface area contributed by atoms with E-state index >= 15 is 0 Å². The van der Waals surface area contributed by atoms with Crippen molar-refractivity contribution in [3.63, 3.8) is 0 Å². The van der Waals surface area contributed by atoms with Gasteiger partial charge in [-0.3, -0.25) is 14.4 Å². The minimum Gasteiger partial charge on any atom is -0.396 e. The molecule has 0 saturated heterocycles. The van der Waals surface area contributed by atoms with Gasteiger partial charge < -0.3 is 31.3 Å². The van der Waals surface area contributed by atoms with Crippen molar-refractivity contribution in [2.45, 2.75) is 310 Å². The fourth-order valence-corrected chi connectivity index (χ4v) is 8.98. The van der Waals surface area contributed by atoms with E-state index in [1.165, 1.54) is 231 Å². The molecule has 0 heterocycles. The lowest BCUT2D eigenvalue weighted by molar-refractivity contribution is -0.122. The van der Waals surface area contributed by atoms with Crippen molar-refractivity contribution in [2.75, 3.05) is 59.0 Å². The van der Waals surface area contributed by atoms with E-state index in [1.807, 2.05) is 0 Å². The van der Waals surface area contributed by atoms with Gasteiger partial charge in [-0.1, -0.05) is 252 Å². The van der Waals surface area contributed by atoms with Crippen molar-refractivity contribution >= 4 is 17.7 Å². The van der Waals surface area contributed by atoms with Gasteiger partial charge in [0.1, 0.15) is 0 Å². The summed E-state index contributed by atoms with van der Waals surface area (Å²) < 4.78 is 0. The minimum atomic E-state index is 0.108. The Morgan fingerprint density at radius 1 is 0.290 bits per heavy atom. The van der Waals surface area contributed by atoms with Gasteiger partial charge in [-0.2, -0.15) is 0 Å². The first-order valence-electron chi connectivity index (χ1n) is 30.8. The maximum Gasteiger partial charge on any atom is 0.221 e. The zero-order valence-electron chi connectivity index (χ0n) is 47.1. The Kier molecular flexibility index (Phi) is 62.7. The van der Waals surface area contributed by atoms with Gasteiger partial charge >= 0.3 is 0 Å². The lowest BCUT2D eigenvalue weighted by Crippen LogP contribution is -2.35. The van der Waals surface area contributed by atoms with Crippen molar-refractivity contribution in [2.24, 2.45) is 0 Å². The summed E-state index contributed by atoms with van der Waals surface area (Å²) in [7, 11) is 0. The molecule has 3 amide bonds. The molecule has 9 heteroatoms. The molecule has 69 heavy (non-hydrogen) atoms. The number of nitrogens with zero attached hydrogens (tertiary/aromatic N) is 1. The summed E-state index contributed by atoms with van der Waals surface area (Å²) in [6, 6.07) is 0. The van der Waals surface area contributed by atoms with Crippen LogP contribution in [0.5, 0.6) is 0 Å². The molecule has 0 aliphatic rings. The maximum absolute atomic E-state index is 12.4. The predicted octanol–water partition coefficient (Wildman–Crippen LogP) is 15.4. The van der Waals surface area contributed by atoms with Gasteiger partial charge in [0.05, 0.1) is 0 Å². The second-order valence-corrected chi connectivity index (χ2v) is 20.7. The number of rotatable bonds is 56. The number of aliphatic hydroxyl groups is 1. The Balaban J connectivity index is 0. The first-order chi connectivity index (χ1) is 33.9. The van der Waals surface area contributed by atoms with Gasteiger partial charge in [0.2, 0.25) is 17.7 Å². The monoisotopic (exact) mass is 978 g/mol. The van der Waals surface area contributed by atoms with Crippen LogP contribution in [0.4, 0.5) is 0 Å². The fraction of sp³-hybridized carbons (Fsp3) is 0.950. The van der Waals surface area contributed by atoms with Gasteiger partial charge in [0, 0.05) is 65.1 Å². The van der Waals surface area contributed by atoms with Crippen molar-refractivity contribution < 1.29 is 19.5 Å². The largest absolute Gasteiger partial charge is 0.396 e. The number of carbonyl (C=O) groups is 3. The number of aliphatic hydroxyl groups excluding tert-OH is 1. The quantitative estimate of drug-likeness (QED) is 0.0387. The molecule has 0 aromatic rings. The molecule has 0 aromatic heterocycles. The molecular weight excluding hydrogens is 855 g/mol. The van der Waals surface area contributed by atoms with Crippen LogP contribution >= 0.6 is 0 Å². The molecule has 0 rings (SSSR count). The SMILES string of the molecule is CCCCCCCCCCCCCCNC(=O)CCN(CCCCO)CCC(=O)NCCCCCCCCCCCCCC.CCCCCCCCCCCCCCNC(=O)CCNCCCCC. The second-order valence-electron chi connectivity index (χ2n) is 20.7. The molecule has 0 fully saturated rings. The van der Waals surface area contributed by atoms with Crippen molar-refractivity contribution in [1.82, 2.24) is 26.2 Å². The Morgan fingerprint density at radius 3 is 0.855 bits per heavy atom. The number of unbranched alkanes of at least 4 members (excludes halogenated alkanes) is 36. The third-order valence-corrected chi connectivity index (χ3v) is 13.7. The van der Waals surface area contributed by atoms with Crippen molar-refractivity contribution in [3.8, 4) is 0 Å². The summed E-state index contributed by atoms with van der Waals surface area (Å²) in [5.41, 5.74) is 0. The van der Waals surface area contributed by atoms with Crippen LogP contribution in [-0.2, 0) is 14.4 Å². The van der Waals surface area contributed by atoms with Crippen LogP contribution in [-0.4, -0.2) is 86.7 Å². The average Bonchev–Trinajstić information content (AvgIpc) is 3.35. The van der Waals surface area contributed by atoms with Gasteiger partial charge in [-0.15, -0.1) is 0 Å². The average molecular weight is 979 g/mol. The highest BCUT2D eigenvalue weighted by Gasteiger charge is 2.11. The van der Waals surface area contributed by atoms with Crippen molar-refractivity contribution in [3.05, 3.63) is 0 Å². The molecule has 412 valence electrons. The van der Waals surface area contributed by atoms with Crippen LogP contribution in [0.25, 0.3) is 0 Å². The van der Waals surface area contributed by atoms with E-state index in [9.17, 15) is 14.4 Å². The summed E-state index contributed by atoms with van der Waals surface area (Å²) in [4.78, 5) is 38.7. The smallest absolute Gasteiger partial charge is 0.221 e. The molecule has 0 saturated carbocycles. The molecule has 0 aliphatic heterocycles. The summed E-state index contributed by atoms with van der Waals surface area (Å²) >= 11 is 0. The van der Waals surface area contributed by atoms with Crippen LogP contribution in [0.2, 0.25) is 0 Å². The number of hydrogen-bond donors (Lipinski definition) is 5. The fourth-order valence-electron chi connectivity index (χ4n) is 8.98. The summed E-state index contributed by atoms with van der Waals surface area (Å²) in [6.07, 6.45) is 55.0. The lowest BCUT2D eigenvalue weighted by Gasteiger charge is -2.22. The first-order valence-corrected chi connectivity index (χ1v) is 30.8.